The van der Waals surface area contributed by atoms with Crippen LogP contribution in [0.5, 0.6) is 0 Å². The van der Waals surface area contributed by atoms with E-state index in [1.807, 2.05) is 0 Å². The van der Waals surface area contributed by atoms with Crippen LogP contribution in [0.3, 0.4) is 0 Å². The van der Waals surface area contributed by atoms with Crippen LogP contribution in [0.2, 0.25) is 0 Å². The van der Waals surface area contributed by atoms with Crippen molar-refractivity contribution in [3.8, 4) is 29.3 Å². The van der Waals surface area contributed by atoms with E-state index in [9.17, 15) is 0 Å². The molecule has 6 aromatic rings. The fraction of sp³-hybridized carbons (Fsp3) is 0. The fourth-order valence-corrected chi connectivity index (χ4v) is 9.97. The normalized spacial score (nSPS) is 15.8. The lowest BCUT2D eigenvalue weighted by atomic mass is 10.3. The van der Waals surface area contributed by atoms with Gasteiger partial charge in [-0.25, -0.2) is 4.90 Å². The highest BCUT2D eigenvalue weighted by molar-refractivity contribution is 7.23. The van der Waals surface area contributed by atoms with Crippen LogP contribution in [-0.2, 0) is 0 Å². The van der Waals surface area contributed by atoms with E-state index in [2.05, 4.69) is 88.9 Å². The van der Waals surface area contributed by atoms with E-state index in [0.29, 0.717) is 35.4 Å². The molecule has 7 nitrogen and oxygen atoms in total. The summed E-state index contributed by atoms with van der Waals surface area (Å²) in [5.74, 6) is 3.15. The van der Waals surface area contributed by atoms with E-state index in [1.54, 1.807) is 72.9 Å². The molecule has 0 atom stereocenters. The van der Waals surface area contributed by atoms with Gasteiger partial charge in [0.2, 0.25) is 17.9 Å². The summed E-state index contributed by atoms with van der Waals surface area (Å²) in [6.07, 6.45) is 0. The second-order valence-corrected chi connectivity index (χ2v) is 15.4. The fourth-order valence-electron chi connectivity index (χ4n) is 4.64. The summed E-state index contributed by atoms with van der Waals surface area (Å²) in [7, 11) is 0. The van der Waals surface area contributed by atoms with Gasteiger partial charge in [-0.05, 0) is 70.7 Å². The summed E-state index contributed by atoms with van der Waals surface area (Å²) in [4.78, 5) is 41.3. The van der Waals surface area contributed by atoms with Crippen molar-refractivity contribution in [2.75, 3.05) is 0 Å². The lowest BCUT2D eigenvalue weighted by molar-refractivity contribution is 0.829. The first kappa shape index (κ1) is 25.5. The molecular weight excluding hydrogens is 651 g/mol. The molecule has 3 aliphatic rings. The van der Waals surface area contributed by atoms with Crippen LogP contribution in [-0.4, -0.2) is 40.3 Å². The minimum Gasteiger partial charge on any atom is -0.213 e. The molecular formula is C30H15N7S6. The summed E-state index contributed by atoms with van der Waals surface area (Å²) in [6, 6.07) is 25.1. The Kier molecular flexibility index (Phi) is 6.13. The Morgan fingerprint density at radius 2 is 0.674 bits per heavy atom. The molecule has 206 valence electrons. The van der Waals surface area contributed by atoms with Gasteiger partial charge in [0.25, 0.3) is 0 Å². The first-order valence-electron chi connectivity index (χ1n) is 13.0. The molecule has 0 aliphatic carbocycles. The molecule has 0 aromatic carbocycles. The van der Waals surface area contributed by atoms with Crippen LogP contribution in [0.15, 0.2) is 119 Å². The van der Waals surface area contributed by atoms with Crippen molar-refractivity contribution >= 4 is 103 Å². The molecule has 0 saturated heterocycles. The molecule has 0 unspecified atom stereocenters. The number of rotatable bonds is 6. The molecule has 0 fully saturated rings. The second-order valence-electron chi connectivity index (χ2n) is 9.30. The van der Waals surface area contributed by atoms with Gasteiger partial charge in [0, 0.05) is 29.3 Å². The Bertz CT molecular complexity index is 1930. The van der Waals surface area contributed by atoms with Gasteiger partial charge in [0.1, 0.15) is 0 Å². The molecule has 6 aromatic heterocycles. The highest BCUT2D eigenvalue weighted by Crippen LogP contribution is 2.36. The monoisotopic (exact) mass is 665 g/mol. The van der Waals surface area contributed by atoms with E-state index >= 15 is 0 Å². The third-order valence-electron chi connectivity index (χ3n) is 6.61. The summed E-state index contributed by atoms with van der Waals surface area (Å²) in [5, 5.41) is 6.26. The van der Waals surface area contributed by atoms with Crippen molar-refractivity contribution in [1.82, 2.24) is 4.90 Å². The molecule has 0 N–H and O–H groups in total. The van der Waals surface area contributed by atoms with Crippen molar-refractivity contribution in [3.63, 3.8) is 0 Å². The molecule has 9 heterocycles. The van der Waals surface area contributed by atoms with Gasteiger partial charge in [0.05, 0.1) is 14.6 Å². The lowest BCUT2D eigenvalue weighted by Crippen LogP contribution is -2.47. The van der Waals surface area contributed by atoms with Crippen LogP contribution in [0.4, 0.5) is 0 Å². The largest absolute Gasteiger partial charge is 0.243 e. The number of aliphatic imine (C=N–C) groups is 6. The van der Waals surface area contributed by atoms with Gasteiger partial charge in [0.15, 0.2) is 17.5 Å². The number of thiophene rings is 6. The minimum absolute atomic E-state index is 0.467. The molecule has 0 amide bonds. The van der Waals surface area contributed by atoms with E-state index in [1.165, 1.54) is 29.3 Å². The maximum Gasteiger partial charge on any atom is 0.243 e. The Balaban J connectivity index is 1.16. The third kappa shape index (κ3) is 4.56. The zero-order valence-corrected chi connectivity index (χ0v) is 26.6. The van der Waals surface area contributed by atoms with Crippen LogP contribution < -0.4 is 0 Å². The molecule has 3 aliphatic heterocycles. The van der Waals surface area contributed by atoms with E-state index in [4.69, 9.17) is 30.0 Å². The van der Waals surface area contributed by atoms with Gasteiger partial charge >= 0.3 is 0 Å². The molecule has 13 heteroatoms. The topological polar surface area (TPSA) is 77.4 Å². The molecule has 43 heavy (non-hydrogen) atoms. The zero-order chi connectivity index (χ0) is 28.3. The zero-order valence-electron chi connectivity index (χ0n) is 21.7. The predicted molar refractivity (Wildman–Crippen MR) is 187 cm³/mol. The van der Waals surface area contributed by atoms with Crippen molar-refractivity contribution in [2.45, 2.75) is 0 Å². The van der Waals surface area contributed by atoms with Crippen molar-refractivity contribution in [2.24, 2.45) is 30.0 Å². The van der Waals surface area contributed by atoms with Gasteiger partial charge in [-0.15, -0.1) is 68.0 Å². The van der Waals surface area contributed by atoms with Crippen LogP contribution in [0.1, 0.15) is 14.6 Å². The lowest BCUT2D eigenvalue weighted by Gasteiger charge is -2.29. The first-order chi connectivity index (χ1) is 21.2. The molecule has 0 spiro atoms. The highest BCUT2D eigenvalue weighted by Gasteiger charge is 2.36. The summed E-state index contributed by atoms with van der Waals surface area (Å²) < 4.78 is 0. The van der Waals surface area contributed by atoms with Gasteiger partial charge < -0.3 is 0 Å². The first-order valence-corrected chi connectivity index (χ1v) is 18.1. The van der Waals surface area contributed by atoms with Crippen molar-refractivity contribution in [3.05, 3.63) is 104 Å². The number of nitrogens with zero attached hydrogens (tertiary/aromatic N) is 7. The highest BCUT2D eigenvalue weighted by atomic mass is 32.1. The Morgan fingerprint density at radius 3 is 0.977 bits per heavy atom. The number of guanidine groups is 3. The van der Waals surface area contributed by atoms with Crippen molar-refractivity contribution < 1.29 is 0 Å². The van der Waals surface area contributed by atoms with Gasteiger partial charge in [-0.2, -0.15) is 30.0 Å². The molecule has 0 radical (unpaired) electrons. The van der Waals surface area contributed by atoms with E-state index in [-0.39, 0.29) is 0 Å². The molecule has 0 saturated carbocycles. The smallest absolute Gasteiger partial charge is 0.213 e. The maximum atomic E-state index is 4.92. The van der Waals surface area contributed by atoms with Crippen molar-refractivity contribution in [1.29, 1.82) is 0 Å². The van der Waals surface area contributed by atoms with Gasteiger partial charge in [-0.3, -0.25) is 0 Å². The third-order valence-corrected chi connectivity index (χ3v) is 13.0. The van der Waals surface area contributed by atoms with Crippen LogP contribution in [0, 0.1) is 0 Å². The number of amidine groups is 3. The average molecular weight is 666 g/mol. The predicted octanol–water partition coefficient (Wildman–Crippen LogP) is 9.11. The summed E-state index contributed by atoms with van der Waals surface area (Å²) >= 11 is 10.1. The van der Waals surface area contributed by atoms with E-state index < -0.39 is 0 Å². The number of hydrogen-bond acceptors (Lipinski definition) is 13. The van der Waals surface area contributed by atoms with E-state index in [0.717, 1.165) is 14.6 Å². The standard InChI is InChI=1S/C30H15N7S6/c1-4-16(38-13-1)19-7-10-22(41-19)25-31-28-33-26(23-11-8-20(42-23)17-5-2-14-39-17)35-30-36-27(34-29(32-25)37(28)30)24-12-9-21(43-24)18-6-3-15-40-18/h1-15H. The Hall–Kier alpha value is -3.98. The van der Waals surface area contributed by atoms with Gasteiger partial charge in [-0.1, -0.05) is 18.2 Å². The molecule has 9 rings (SSSR count). The Labute approximate surface area is 269 Å². The SMILES string of the molecule is c1csc(-c2ccc(C3=NC4=NC(c5ccc(-c6cccs6)s5)=NC5=NC(c6ccc(-c7cccs7)s6)=NC(=N3)N45)s2)c1. The minimum atomic E-state index is 0.467. The van der Waals surface area contributed by atoms with Crippen LogP contribution >= 0.6 is 68.0 Å². The second kappa shape index (κ2) is 10.3. The maximum absolute atomic E-state index is 4.92. The quantitative estimate of drug-likeness (QED) is 0.175. The Morgan fingerprint density at radius 1 is 0.349 bits per heavy atom. The average Bonchev–Trinajstić information content (AvgIpc) is 3.88. The summed E-state index contributed by atoms with van der Waals surface area (Å²) in [6.45, 7) is 0. The van der Waals surface area contributed by atoms with Crippen LogP contribution in [0.25, 0.3) is 29.3 Å². The number of hydrogen-bond donors (Lipinski definition) is 0. The molecule has 0 bridgehead atoms. The summed E-state index contributed by atoms with van der Waals surface area (Å²) in [5.41, 5.74) is 0.